The van der Waals surface area contributed by atoms with Gasteiger partial charge < -0.3 is 20.2 Å². The summed E-state index contributed by atoms with van der Waals surface area (Å²) in [6.45, 7) is 3.27. The minimum absolute atomic E-state index is 0.268. The summed E-state index contributed by atoms with van der Waals surface area (Å²) in [5, 5.41) is 13.7. The Morgan fingerprint density at radius 3 is 2.67 bits per heavy atom. The molecule has 4 rings (SSSR count). The lowest BCUT2D eigenvalue weighted by Crippen LogP contribution is -2.48. The highest BCUT2D eigenvalue weighted by Crippen LogP contribution is 2.25. The van der Waals surface area contributed by atoms with Gasteiger partial charge in [-0.2, -0.15) is 4.31 Å². The number of halogens is 1. The van der Waals surface area contributed by atoms with Gasteiger partial charge in [0.25, 0.3) is 0 Å². The van der Waals surface area contributed by atoms with Crippen molar-refractivity contribution in [2.24, 2.45) is 5.92 Å². The zero-order valence-electron chi connectivity index (χ0n) is 18.1. The molecule has 0 saturated carbocycles. The second kappa shape index (κ2) is 9.98. The Hall–Kier alpha value is -2.18. The summed E-state index contributed by atoms with van der Waals surface area (Å²) in [7, 11) is -3.52. The highest BCUT2D eigenvalue weighted by Gasteiger charge is 2.30. The van der Waals surface area contributed by atoms with Crippen molar-refractivity contribution in [3.63, 3.8) is 0 Å². The number of aliphatic hydroxyl groups is 1. The number of nitrogens with zero attached hydrogens (tertiary/aromatic N) is 2. The van der Waals surface area contributed by atoms with E-state index in [1.807, 2.05) is 0 Å². The minimum atomic E-state index is -3.52. The van der Waals surface area contributed by atoms with Crippen molar-refractivity contribution in [2.45, 2.75) is 37.0 Å². The molecule has 11 heteroatoms. The Morgan fingerprint density at radius 1 is 1.21 bits per heavy atom. The van der Waals surface area contributed by atoms with Gasteiger partial charge in [0.15, 0.2) is 0 Å². The van der Waals surface area contributed by atoms with Gasteiger partial charge in [-0.25, -0.2) is 13.2 Å². The van der Waals surface area contributed by atoms with Crippen LogP contribution in [0.5, 0.6) is 0 Å². The van der Waals surface area contributed by atoms with Crippen LogP contribution in [0, 0.1) is 5.92 Å². The molecule has 1 fully saturated rings. The van der Waals surface area contributed by atoms with Crippen LogP contribution in [-0.2, 0) is 10.0 Å². The molecule has 2 heterocycles. The number of hydrogen-bond donors (Lipinski definition) is 3. The van der Waals surface area contributed by atoms with E-state index in [1.165, 1.54) is 4.31 Å². The molecule has 2 aromatic carbocycles. The molecule has 33 heavy (non-hydrogen) atoms. The molecule has 1 unspecified atom stereocenters. The number of rotatable bonds is 8. The number of benzene rings is 2. The van der Waals surface area contributed by atoms with Crippen LogP contribution in [0.4, 0.5) is 0 Å². The summed E-state index contributed by atoms with van der Waals surface area (Å²) < 4.78 is 29.1. The summed E-state index contributed by atoms with van der Waals surface area (Å²) in [5.41, 5.74) is 0.717. The van der Waals surface area contributed by atoms with E-state index < -0.39 is 28.0 Å². The Labute approximate surface area is 200 Å². The number of para-hydroxylation sites is 2. The molecule has 0 aliphatic carbocycles. The monoisotopic (exact) mass is 538 g/mol. The number of piperidine rings is 1. The van der Waals surface area contributed by atoms with E-state index in [0.29, 0.717) is 43.5 Å². The maximum Gasteiger partial charge on any atom is 0.359 e. The van der Waals surface area contributed by atoms with Crippen LogP contribution >= 0.6 is 15.9 Å². The lowest BCUT2D eigenvalue weighted by molar-refractivity contribution is -0.120. The lowest BCUT2D eigenvalue weighted by Gasteiger charge is -2.32. The number of nitrogens with one attached hydrogen (secondary N) is 2. The first-order chi connectivity index (χ1) is 15.8. The predicted molar refractivity (Wildman–Crippen MR) is 128 cm³/mol. The summed E-state index contributed by atoms with van der Waals surface area (Å²) >= 11 is 3.33. The van der Waals surface area contributed by atoms with Crippen LogP contribution in [-0.4, -0.2) is 59.5 Å². The van der Waals surface area contributed by atoms with Crippen LogP contribution < -0.4 is 15.8 Å². The molecule has 2 atom stereocenters. The quantitative estimate of drug-likeness (QED) is 0.377. The van der Waals surface area contributed by atoms with Gasteiger partial charge in [0, 0.05) is 17.6 Å². The van der Waals surface area contributed by atoms with E-state index in [9.17, 15) is 18.3 Å². The van der Waals surface area contributed by atoms with Gasteiger partial charge in [0.05, 0.1) is 16.5 Å². The number of hydrogen-bond acceptors (Lipinski definition) is 6. The van der Waals surface area contributed by atoms with Gasteiger partial charge in [-0.3, -0.25) is 0 Å². The van der Waals surface area contributed by atoms with Gasteiger partial charge in [0.1, 0.15) is 5.52 Å². The van der Waals surface area contributed by atoms with Crippen LogP contribution in [0.15, 0.2) is 62.7 Å². The topological polar surface area (TPSA) is 117 Å². The van der Waals surface area contributed by atoms with Crippen molar-refractivity contribution >= 4 is 37.0 Å². The highest BCUT2D eigenvalue weighted by atomic mass is 79.9. The molecule has 1 aliphatic rings. The van der Waals surface area contributed by atoms with Crippen molar-refractivity contribution in [2.75, 3.05) is 19.6 Å². The second-order valence-corrected chi connectivity index (χ2v) is 11.1. The fraction of sp³-hybridized carbons (Fsp3) is 0.409. The van der Waals surface area contributed by atoms with Crippen molar-refractivity contribution < 1.29 is 18.4 Å². The molecule has 3 N–H and O–H groups in total. The van der Waals surface area contributed by atoms with Crippen LogP contribution in [0.1, 0.15) is 19.8 Å². The van der Waals surface area contributed by atoms with E-state index in [4.69, 9.17) is 4.84 Å². The summed E-state index contributed by atoms with van der Waals surface area (Å²) in [6.07, 6.45) is 0.191. The summed E-state index contributed by atoms with van der Waals surface area (Å²) in [6, 6.07) is 13.4. The molecule has 0 amide bonds. The smallest absolute Gasteiger partial charge is 0.359 e. The zero-order valence-corrected chi connectivity index (χ0v) is 20.5. The van der Waals surface area contributed by atoms with E-state index >= 15 is 0 Å². The normalized spacial score (nSPS) is 17.8. The summed E-state index contributed by atoms with van der Waals surface area (Å²) in [5.74, 6) is 0.268. The van der Waals surface area contributed by atoms with E-state index in [0.717, 1.165) is 9.20 Å². The van der Waals surface area contributed by atoms with Crippen molar-refractivity contribution in [1.82, 2.24) is 19.3 Å². The largest absolute Gasteiger partial charge is 0.375 e. The molecule has 0 bridgehead atoms. The number of H-pyrrole nitrogens is 1. The third-order valence-electron chi connectivity index (χ3n) is 5.93. The SMILES string of the molecule is CC(NCC1CCN(S(=O)(=O)c2cccc(Br)c2)CC1)[C@H](O)On1c(=O)[nH]c2ccccc21. The van der Waals surface area contributed by atoms with Gasteiger partial charge in [-0.1, -0.05) is 34.1 Å². The van der Waals surface area contributed by atoms with Crippen molar-refractivity contribution in [3.05, 3.63) is 63.5 Å². The van der Waals surface area contributed by atoms with Crippen LogP contribution in [0.3, 0.4) is 0 Å². The highest BCUT2D eigenvalue weighted by molar-refractivity contribution is 9.10. The van der Waals surface area contributed by atoms with Gasteiger partial charge >= 0.3 is 5.69 Å². The Kier molecular flexibility index (Phi) is 7.25. The average Bonchev–Trinajstić information content (AvgIpc) is 3.12. The van der Waals surface area contributed by atoms with Gasteiger partial charge in [-0.05, 0) is 62.6 Å². The minimum Gasteiger partial charge on any atom is -0.375 e. The van der Waals surface area contributed by atoms with Crippen molar-refractivity contribution in [3.8, 4) is 0 Å². The first kappa shape index (κ1) is 24.0. The molecule has 178 valence electrons. The van der Waals surface area contributed by atoms with Crippen LogP contribution in [0.25, 0.3) is 11.0 Å². The fourth-order valence-corrected chi connectivity index (χ4v) is 5.99. The first-order valence-electron chi connectivity index (χ1n) is 10.8. The Morgan fingerprint density at radius 2 is 1.94 bits per heavy atom. The number of aromatic amines is 1. The molecular weight excluding hydrogens is 512 g/mol. The third kappa shape index (κ3) is 5.33. The zero-order chi connectivity index (χ0) is 23.6. The molecule has 1 saturated heterocycles. The van der Waals surface area contributed by atoms with E-state index in [2.05, 4.69) is 26.2 Å². The second-order valence-electron chi connectivity index (χ2n) is 8.24. The molecule has 9 nitrogen and oxygen atoms in total. The molecule has 0 radical (unpaired) electrons. The van der Waals surface area contributed by atoms with E-state index in [-0.39, 0.29) is 10.8 Å². The standard InChI is InChI=1S/C22H27BrN4O5S/c1-15(21(28)32-27-20-8-3-2-7-19(20)25-22(27)29)24-14-16-9-11-26(12-10-16)33(30,31)18-6-4-5-17(23)13-18/h2-8,13,15-16,21,24,28H,9-12,14H2,1H3,(H,25,29)/t15?,21-/m1/s1. The van der Waals surface area contributed by atoms with E-state index in [1.54, 1.807) is 55.5 Å². The number of aliphatic hydroxyl groups excluding tert-OH is 1. The van der Waals surface area contributed by atoms with Crippen LogP contribution in [0.2, 0.25) is 0 Å². The van der Waals surface area contributed by atoms with Crippen molar-refractivity contribution in [1.29, 1.82) is 0 Å². The maximum atomic E-state index is 12.9. The Balaban J connectivity index is 1.29. The number of aromatic nitrogens is 2. The number of fused-ring (bicyclic) bond motifs is 1. The maximum absolute atomic E-state index is 12.9. The average molecular weight is 539 g/mol. The first-order valence-corrected chi connectivity index (χ1v) is 13.0. The number of sulfonamides is 1. The lowest BCUT2D eigenvalue weighted by atomic mass is 9.98. The molecule has 0 spiro atoms. The molecule has 3 aromatic rings. The fourth-order valence-electron chi connectivity index (χ4n) is 3.92. The predicted octanol–water partition coefficient (Wildman–Crippen LogP) is 1.92. The molecule has 1 aliphatic heterocycles. The molecule has 1 aromatic heterocycles. The van der Waals surface area contributed by atoms with Gasteiger partial charge in [0.2, 0.25) is 16.3 Å². The Bertz CT molecular complexity index is 1270. The number of imidazole rings is 1. The summed E-state index contributed by atoms with van der Waals surface area (Å²) in [4.78, 5) is 20.6. The molecular formula is C22H27BrN4O5S. The third-order valence-corrected chi connectivity index (χ3v) is 8.31. The van der Waals surface area contributed by atoms with Gasteiger partial charge in [-0.15, -0.1) is 4.73 Å².